The molecule has 5 aromatic rings. The fraction of sp³-hybridized carbons (Fsp3) is 0.0526. The minimum Gasteiger partial charge on any atom is -0.374 e. The summed E-state index contributed by atoms with van der Waals surface area (Å²) in [5.74, 6) is 0. The van der Waals surface area contributed by atoms with E-state index in [1.165, 1.54) is 0 Å². The van der Waals surface area contributed by atoms with Crippen LogP contribution in [0, 0.1) is 0 Å². The maximum Gasteiger partial charge on any atom is 0.243 e. The Hall–Kier alpha value is -3.58. The Balaban J connectivity index is 1.77. The summed E-state index contributed by atoms with van der Waals surface area (Å²) < 4.78 is 4.75. The molecule has 3 aromatic heterocycles. The van der Waals surface area contributed by atoms with Gasteiger partial charge in [-0.1, -0.05) is 42.5 Å². The van der Waals surface area contributed by atoms with E-state index in [0.717, 1.165) is 27.6 Å². The van der Waals surface area contributed by atoms with Gasteiger partial charge in [0.2, 0.25) is 11.3 Å². The molecule has 0 spiro atoms. The van der Waals surface area contributed by atoms with E-state index in [0.29, 0.717) is 17.0 Å². The number of benzene rings is 2. The molecule has 3 heterocycles. The molecule has 7 heteroatoms. The average Bonchev–Trinajstić information content (AvgIpc) is 3.37. The van der Waals surface area contributed by atoms with Crippen LogP contribution in [0.4, 0.5) is 0 Å². The van der Waals surface area contributed by atoms with E-state index >= 15 is 0 Å². The molecular weight excluding hydrogens is 330 g/mol. The van der Waals surface area contributed by atoms with Crippen molar-refractivity contribution in [3.8, 4) is 11.3 Å². The largest absolute Gasteiger partial charge is 0.374 e. The summed E-state index contributed by atoms with van der Waals surface area (Å²) in [6.45, 7) is 0. The van der Waals surface area contributed by atoms with Gasteiger partial charge in [-0.05, 0) is 16.4 Å². The molecule has 124 valence electrons. The van der Waals surface area contributed by atoms with Crippen LogP contribution in [0.15, 0.2) is 59.4 Å². The monoisotopic (exact) mass is 341 g/mol. The summed E-state index contributed by atoms with van der Waals surface area (Å²) in [7, 11) is 0. The molecule has 0 fully saturated rings. The normalized spacial score (nSPS) is 18.3. The van der Waals surface area contributed by atoms with Crippen LogP contribution >= 0.6 is 0 Å². The topological polar surface area (TPSA) is 101 Å². The van der Waals surface area contributed by atoms with Crippen molar-refractivity contribution in [3.63, 3.8) is 0 Å². The zero-order valence-electron chi connectivity index (χ0n) is 13.3. The number of aromatic nitrogens is 5. The van der Waals surface area contributed by atoms with Crippen LogP contribution in [-0.4, -0.2) is 30.4 Å². The lowest BCUT2D eigenvalue weighted by Crippen LogP contribution is -2.27. The summed E-state index contributed by atoms with van der Waals surface area (Å²) in [4.78, 5) is 12.3. The van der Waals surface area contributed by atoms with Crippen LogP contribution in [0.1, 0.15) is 16.8 Å². The van der Waals surface area contributed by atoms with Crippen molar-refractivity contribution in [2.75, 3.05) is 0 Å². The van der Waals surface area contributed by atoms with E-state index in [9.17, 15) is 5.11 Å². The Labute approximate surface area is 146 Å². The predicted octanol–water partition coefficient (Wildman–Crippen LogP) is 2.76. The van der Waals surface area contributed by atoms with E-state index in [1.54, 1.807) is 0 Å². The Kier molecular flexibility index (Phi) is 2.38. The SMILES string of the molecule is OC1(c2c[nH]c3ccccc23)c2ccccc2-c2nc3nonc3nc21. The molecular formula is C19H11N5O2. The van der Waals surface area contributed by atoms with Crippen LogP contribution in [0.25, 0.3) is 33.5 Å². The maximum atomic E-state index is 11.9. The van der Waals surface area contributed by atoms with Gasteiger partial charge < -0.3 is 10.1 Å². The number of aliphatic hydroxyl groups is 1. The predicted molar refractivity (Wildman–Crippen MR) is 93.2 cm³/mol. The smallest absolute Gasteiger partial charge is 0.243 e. The lowest BCUT2D eigenvalue weighted by molar-refractivity contribution is 0.128. The molecule has 7 nitrogen and oxygen atoms in total. The third-order valence-electron chi connectivity index (χ3n) is 5.01. The molecule has 0 saturated heterocycles. The van der Waals surface area contributed by atoms with Crippen molar-refractivity contribution in [2.45, 2.75) is 5.60 Å². The average molecular weight is 341 g/mol. The van der Waals surface area contributed by atoms with Gasteiger partial charge in [0.25, 0.3) is 0 Å². The van der Waals surface area contributed by atoms with Gasteiger partial charge in [0.05, 0.1) is 5.69 Å². The molecule has 1 unspecified atom stereocenters. The fourth-order valence-corrected chi connectivity index (χ4v) is 3.85. The molecule has 0 bridgehead atoms. The van der Waals surface area contributed by atoms with Gasteiger partial charge in [-0.3, -0.25) is 0 Å². The highest BCUT2D eigenvalue weighted by molar-refractivity contribution is 5.89. The quantitative estimate of drug-likeness (QED) is 0.486. The molecule has 6 rings (SSSR count). The second-order valence-electron chi connectivity index (χ2n) is 6.34. The van der Waals surface area contributed by atoms with Crippen molar-refractivity contribution in [1.82, 2.24) is 25.3 Å². The van der Waals surface area contributed by atoms with Crippen molar-refractivity contribution < 1.29 is 9.74 Å². The summed E-state index contributed by atoms with van der Waals surface area (Å²) in [6, 6.07) is 15.5. The van der Waals surface area contributed by atoms with Gasteiger partial charge in [-0.2, -0.15) is 0 Å². The van der Waals surface area contributed by atoms with Crippen molar-refractivity contribution in [2.24, 2.45) is 0 Å². The molecule has 1 aliphatic rings. The highest BCUT2D eigenvalue weighted by Crippen LogP contribution is 2.50. The molecule has 1 aliphatic carbocycles. The molecule has 0 radical (unpaired) electrons. The van der Waals surface area contributed by atoms with E-state index in [-0.39, 0.29) is 5.65 Å². The second-order valence-corrected chi connectivity index (χ2v) is 6.34. The number of H-pyrrole nitrogens is 1. The van der Waals surface area contributed by atoms with Gasteiger partial charge in [-0.25, -0.2) is 14.6 Å². The first-order valence-electron chi connectivity index (χ1n) is 8.16. The Morgan fingerprint density at radius 3 is 2.58 bits per heavy atom. The Morgan fingerprint density at radius 2 is 1.65 bits per heavy atom. The van der Waals surface area contributed by atoms with E-state index < -0.39 is 5.60 Å². The number of nitrogens with one attached hydrogen (secondary N) is 1. The summed E-state index contributed by atoms with van der Waals surface area (Å²) in [5.41, 5.74) is 3.42. The van der Waals surface area contributed by atoms with Crippen molar-refractivity contribution in [3.05, 3.63) is 71.5 Å². The minimum atomic E-state index is -1.44. The summed E-state index contributed by atoms with van der Waals surface area (Å²) >= 11 is 0. The van der Waals surface area contributed by atoms with Gasteiger partial charge in [0.1, 0.15) is 5.69 Å². The van der Waals surface area contributed by atoms with Crippen LogP contribution in [-0.2, 0) is 5.60 Å². The highest BCUT2D eigenvalue weighted by Gasteiger charge is 2.47. The molecule has 0 amide bonds. The second kappa shape index (κ2) is 4.53. The minimum absolute atomic E-state index is 0.273. The van der Waals surface area contributed by atoms with Gasteiger partial charge in [0, 0.05) is 33.8 Å². The zero-order chi connectivity index (χ0) is 17.3. The van der Waals surface area contributed by atoms with E-state index in [1.807, 2.05) is 54.7 Å². The lowest BCUT2D eigenvalue weighted by Gasteiger charge is -2.24. The first kappa shape index (κ1) is 13.7. The molecule has 2 aromatic carbocycles. The first-order chi connectivity index (χ1) is 12.8. The van der Waals surface area contributed by atoms with Gasteiger partial charge in [-0.15, -0.1) is 0 Å². The van der Waals surface area contributed by atoms with Crippen molar-refractivity contribution >= 4 is 22.2 Å². The molecule has 0 saturated carbocycles. The number of fused-ring (bicyclic) bond motifs is 5. The van der Waals surface area contributed by atoms with E-state index in [4.69, 9.17) is 4.63 Å². The standard InChI is InChI=1S/C19H11N5O2/c25-19(13-9-20-14-8-4-2-5-10(13)14)12-7-3-1-6-11(12)15-16(19)22-18-17(21-15)23-26-24-18/h1-9,20,25H. The number of hydrogen-bond donors (Lipinski definition) is 2. The maximum absolute atomic E-state index is 11.9. The molecule has 26 heavy (non-hydrogen) atoms. The lowest BCUT2D eigenvalue weighted by atomic mass is 9.86. The van der Waals surface area contributed by atoms with Gasteiger partial charge >= 0.3 is 0 Å². The number of para-hydroxylation sites is 1. The first-order valence-corrected chi connectivity index (χ1v) is 8.16. The summed E-state index contributed by atoms with van der Waals surface area (Å²) in [5, 5.41) is 20.4. The third kappa shape index (κ3) is 1.51. The van der Waals surface area contributed by atoms with Crippen LogP contribution in [0.5, 0.6) is 0 Å². The van der Waals surface area contributed by atoms with Crippen molar-refractivity contribution in [1.29, 1.82) is 0 Å². The molecule has 2 N–H and O–H groups in total. The third-order valence-corrected chi connectivity index (χ3v) is 5.01. The fourth-order valence-electron chi connectivity index (χ4n) is 3.85. The molecule has 0 aliphatic heterocycles. The number of aromatic amines is 1. The number of hydrogen-bond acceptors (Lipinski definition) is 6. The van der Waals surface area contributed by atoms with Crippen LogP contribution < -0.4 is 0 Å². The van der Waals surface area contributed by atoms with Crippen LogP contribution in [0.3, 0.4) is 0 Å². The zero-order valence-corrected chi connectivity index (χ0v) is 13.3. The van der Waals surface area contributed by atoms with Gasteiger partial charge in [0.15, 0.2) is 5.60 Å². The van der Waals surface area contributed by atoms with E-state index in [2.05, 4.69) is 25.3 Å². The Bertz CT molecular complexity index is 1320. The molecule has 1 atom stereocenters. The Morgan fingerprint density at radius 1 is 0.885 bits per heavy atom. The number of rotatable bonds is 1. The van der Waals surface area contributed by atoms with Crippen LogP contribution in [0.2, 0.25) is 0 Å². The summed E-state index contributed by atoms with van der Waals surface area (Å²) in [6.07, 6.45) is 1.82. The highest BCUT2D eigenvalue weighted by atomic mass is 16.6. The number of nitrogens with zero attached hydrogens (tertiary/aromatic N) is 4.